The Kier molecular flexibility index (Phi) is 35.4. The third kappa shape index (κ3) is 29.8. The lowest BCUT2D eigenvalue weighted by atomic mass is 9.99. The zero-order valence-electron chi connectivity index (χ0n) is 35.5. The van der Waals surface area contributed by atoms with Gasteiger partial charge in [0.2, 0.25) is 0 Å². The van der Waals surface area contributed by atoms with Crippen molar-refractivity contribution in [3.63, 3.8) is 0 Å². The number of carbonyl (C=O) groups excluding carboxylic acids is 1. The number of aliphatic hydroxyl groups excluding tert-OH is 4. The van der Waals surface area contributed by atoms with Crippen molar-refractivity contribution in [2.45, 2.75) is 153 Å². The topological polar surface area (TPSA) is 135 Å². The fourth-order valence-electron chi connectivity index (χ4n) is 5.55. The zero-order valence-corrected chi connectivity index (χ0v) is 35.5. The molecule has 4 N–H and O–H groups in total. The fraction of sp³-hybridized carbons (Fsp3) is 0.571. The second kappa shape index (κ2) is 39.1. The summed E-state index contributed by atoms with van der Waals surface area (Å²) in [6.07, 6.45) is 49.5. The standard InChI is InChI=1S/C49H76O9/c1-3-5-7-9-11-13-15-17-19-21-23-25-27-29-31-33-35-37-39-55-41-43(42-56-49-48(54)47(53)46(52)44(40-50)58-49)57-45(51)38-36-34-32-30-28-26-24-22-20-18-16-14-12-10-8-6-4-2/h5-8,11-14,17-20,23-26,29-32,43-44,46-50,52-54H,3-4,9-10,15-16,21-22,27-28,33-42H2,1-2H3/b7-5-,8-6-,13-11-,14-12-,19-17-,20-18-,25-23-,26-24-,31-29-,32-30-. The van der Waals surface area contributed by atoms with Crippen LogP contribution >= 0.6 is 0 Å². The molecule has 0 radical (unpaired) electrons. The van der Waals surface area contributed by atoms with Gasteiger partial charge in [-0.2, -0.15) is 0 Å². The Hall–Kier alpha value is -3.41. The maximum Gasteiger partial charge on any atom is 0.306 e. The average molecular weight is 809 g/mol. The highest BCUT2D eigenvalue weighted by molar-refractivity contribution is 5.69. The predicted molar refractivity (Wildman–Crippen MR) is 237 cm³/mol. The maximum absolute atomic E-state index is 12.7. The molecule has 6 atom stereocenters. The van der Waals surface area contributed by atoms with Crippen LogP contribution in [0.25, 0.3) is 0 Å². The molecular weight excluding hydrogens is 733 g/mol. The van der Waals surface area contributed by atoms with Crippen LogP contribution in [0.5, 0.6) is 0 Å². The maximum atomic E-state index is 12.7. The molecule has 1 heterocycles. The van der Waals surface area contributed by atoms with E-state index in [0.29, 0.717) is 13.0 Å². The molecule has 0 amide bonds. The number of esters is 1. The predicted octanol–water partition coefficient (Wildman–Crippen LogP) is 9.57. The van der Waals surface area contributed by atoms with E-state index in [4.69, 9.17) is 18.9 Å². The van der Waals surface area contributed by atoms with Gasteiger partial charge < -0.3 is 39.4 Å². The van der Waals surface area contributed by atoms with Crippen LogP contribution < -0.4 is 0 Å². The van der Waals surface area contributed by atoms with Gasteiger partial charge in [-0.3, -0.25) is 4.79 Å². The van der Waals surface area contributed by atoms with E-state index >= 15 is 0 Å². The SMILES string of the molecule is CC/C=C\C/C=C\C/C=C\C/C=C\C/C=C\CCCCOCC(COC1OC(CO)C(O)C(O)C1O)OC(=O)CCC/C=C\C/C=C\C/C=C\C/C=C\C/C=C\CC. The molecule has 1 aliphatic rings. The van der Waals surface area contributed by atoms with Gasteiger partial charge in [0, 0.05) is 13.0 Å². The summed E-state index contributed by atoms with van der Waals surface area (Å²) in [4.78, 5) is 12.7. The van der Waals surface area contributed by atoms with E-state index < -0.39 is 49.4 Å². The van der Waals surface area contributed by atoms with Gasteiger partial charge in [-0.25, -0.2) is 0 Å². The summed E-state index contributed by atoms with van der Waals surface area (Å²) in [6, 6.07) is 0. The van der Waals surface area contributed by atoms with Gasteiger partial charge in [0.25, 0.3) is 0 Å². The molecule has 1 aliphatic heterocycles. The molecule has 0 aromatic rings. The summed E-state index contributed by atoms with van der Waals surface area (Å²) < 4.78 is 22.7. The highest BCUT2D eigenvalue weighted by Crippen LogP contribution is 2.22. The molecule has 0 aromatic heterocycles. The number of rotatable bonds is 34. The Morgan fingerprint density at radius 3 is 1.43 bits per heavy atom. The summed E-state index contributed by atoms with van der Waals surface area (Å²) in [7, 11) is 0. The Morgan fingerprint density at radius 1 is 0.552 bits per heavy atom. The normalized spacial score (nSPS) is 21.5. The van der Waals surface area contributed by atoms with Crippen molar-refractivity contribution in [2.75, 3.05) is 26.4 Å². The van der Waals surface area contributed by atoms with Crippen LogP contribution in [0.2, 0.25) is 0 Å². The molecule has 0 bridgehead atoms. The molecule has 6 unspecified atom stereocenters. The third-order valence-corrected chi connectivity index (χ3v) is 8.87. The van der Waals surface area contributed by atoms with Gasteiger partial charge in [0.05, 0.1) is 19.8 Å². The first kappa shape index (κ1) is 52.6. The fourth-order valence-corrected chi connectivity index (χ4v) is 5.55. The van der Waals surface area contributed by atoms with E-state index in [1.54, 1.807) is 0 Å². The van der Waals surface area contributed by atoms with Crippen LogP contribution in [-0.4, -0.2) is 89.6 Å². The van der Waals surface area contributed by atoms with Crippen LogP contribution in [0.1, 0.15) is 117 Å². The molecule has 1 saturated heterocycles. The first-order valence-corrected chi connectivity index (χ1v) is 21.6. The lowest BCUT2D eigenvalue weighted by Gasteiger charge is -2.39. The van der Waals surface area contributed by atoms with Crippen LogP contribution in [-0.2, 0) is 23.7 Å². The van der Waals surface area contributed by atoms with Crippen molar-refractivity contribution in [1.82, 2.24) is 0 Å². The molecule has 0 spiro atoms. The number of allylic oxidation sites excluding steroid dienone is 20. The zero-order chi connectivity index (χ0) is 42.2. The minimum absolute atomic E-state index is 0.0829. The van der Waals surface area contributed by atoms with Crippen LogP contribution in [0, 0.1) is 0 Å². The number of ether oxygens (including phenoxy) is 4. The molecule has 9 nitrogen and oxygen atoms in total. The first-order chi connectivity index (χ1) is 28.4. The lowest BCUT2D eigenvalue weighted by molar-refractivity contribution is -0.305. The minimum Gasteiger partial charge on any atom is -0.457 e. The number of carbonyl (C=O) groups is 1. The third-order valence-electron chi connectivity index (χ3n) is 8.87. The van der Waals surface area contributed by atoms with E-state index in [1.165, 1.54) is 0 Å². The molecule has 1 rings (SSSR count). The van der Waals surface area contributed by atoms with Gasteiger partial charge in [-0.15, -0.1) is 0 Å². The quantitative estimate of drug-likeness (QED) is 0.0285. The second-order valence-corrected chi connectivity index (χ2v) is 14.0. The summed E-state index contributed by atoms with van der Waals surface area (Å²) >= 11 is 0. The van der Waals surface area contributed by atoms with Crippen LogP contribution in [0.4, 0.5) is 0 Å². The largest absolute Gasteiger partial charge is 0.457 e. The highest BCUT2D eigenvalue weighted by atomic mass is 16.7. The van der Waals surface area contributed by atoms with E-state index in [9.17, 15) is 25.2 Å². The Bertz CT molecular complexity index is 1290. The summed E-state index contributed by atoms with van der Waals surface area (Å²) in [5.41, 5.74) is 0. The van der Waals surface area contributed by atoms with Gasteiger partial charge in [0.15, 0.2) is 6.29 Å². The molecule has 0 saturated carbocycles. The Balaban J connectivity index is 2.39. The van der Waals surface area contributed by atoms with Gasteiger partial charge >= 0.3 is 5.97 Å². The smallest absolute Gasteiger partial charge is 0.306 e. The number of aliphatic hydroxyl groups is 4. The van der Waals surface area contributed by atoms with Crippen molar-refractivity contribution in [3.8, 4) is 0 Å². The van der Waals surface area contributed by atoms with E-state index in [2.05, 4.69) is 135 Å². The number of unbranched alkanes of at least 4 members (excludes halogenated alkanes) is 3. The van der Waals surface area contributed by atoms with Crippen molar-refractivity contribution in [3.05, 3.63) is 122 Å². The minimum atomic E-state index is -1.56. The van der Waals surface area contributed by atoms with Crippen LogP contribution in [0.3, 0.4) is 0 Å². The van der Waals surface area contributed by atoms with E-state index in [1.807, 2.05) is 0 Å². The summed E-state index contributed by atoms with van der Waals surface area (Å²) in [5, 5.41) is 40.1. The van der Waals surface area contributed by atoms with Crippen molar-refractivity contribution in [1.29, 1.82) is 0 Å². The van der Waals surface area contributed by atoms with Crippen LogP contribution in [0.15, 0.2) is 122 Å². The van der Waals surface area contributed by atoms with Gasteiger partial charge in [0.1, 0.15) is 30.5 Å². The number of hydrogen-bond acceptors (Lipinski definition) is 9. The van der Waals surface area contributed by atoms with Crippen molar-refractivity contribution < 1.29 is 44.2 Å². The Morgan fingerprint density at radius 2 is 0.983 bits per heavy atom. The summed E-state index contributed by atoms with van der Waals surface area (Å²) in [5.74, 6) is -0.392. The van der Waals surface area contributed by atoms with Crippen molar-refractivity contribution >= 4 is 5.97 Å². The highest BCUT2D eigenvalue weighted by Gasteiger charge is 2.44. The molecule has 58 heavy (non-hydrogen) atoms. The number of hydrogen-bond donors (Lipinski definition) is 4. The van der Waals surface area contributed by atoms with Gasteiger partial charge in [-0.05, 0) is 96.3 Å². The molecule has 0 aliphatic carbocycles. The average Bonchev–Trinajstić information content (AvgIpc) is 3.22. The van der Waals surface area contributed by atoms with Crippen molar-refractivity contribution in [2.24, 2.45) is 0 Å². The molecule has 0 aromatic carbocycles. The molecule has 9 heteroatoms. The van der Waals surface area contributed by atoms with E-state index in [-0.39, 0.29) is 19.6 Å². The lowest BCUT2D eigenvalue weighted by Crippen LogP contribution is -2.59. The molecule has 326 valence electrons. The first-order valence-electron chi connectivity index (χ1n) is 21.6. The van der Waals surface area contributed by atoms with E-state index in [0.717, 1.165) is 89.9 Å². The molecule has 1 fully saturated rings. The molecular formula is C49H76O9. The second-order valence-electron chi connectivity index (χ2n) is 14.0. The monoisotopic (exact) mass is 809 g/mol. The Labute approximate surface area is 350 Å². The van der Waals surface area contributed by atoms with Gasteiger partial charge in [-0.1, -0.05) is 135 Å². The summed E-state index contributed by atoms with van der Waals surface area (Å²) in [6.45, 7) is 4.11.